The van der Waals surface area contributed by atoms with E-state index in [4.69, 9.17) is 10.00 Å². The minimum atomic E-state index is -0.564. The van der Waals surface area contributed by atoms with Gasteiger partial charge in [-0.25, -0.2) is 4.98 Å². The molecule has 1 aromatic carbocycles. The van der Waals surface area contributed by atoms with Crippen molar-refractivity contribution in [3.05, 3.63) is 59.8 Å². The van der Waals surface area contributed by atoms with Gasteiger partial charge in [0.25, 0.3) is 0 Å². The third kappa shape index (κ3) is 5.56. The van der Waals surface area contributed by atoms with Gasteiger partial charge in [0.2, 0.25) is 0 Å². The average Bonchev–Trinajstić information content (AvgIpc) is 2.54. The van der Waals surface area contributed by atoms with Gasteiger partial charge in [-0.3, -0.25) is 0 Å². The summed E-state index contributed by atoms with van der Waals surface area (Å²) in [6, 6.07) is 15.3. The SMILES string of the molecule is N#Cc1ccnc(SC[C@@H](O)COCc2ccccc2)c1. The van der Waals surface area contributed by atoms with Crippen molar-refractivity contribution in [2.24, 2.45) is 0 Å². The minimum Gasteiger partial charge on any atom is -0.390 e. The quantitative estimate of drug-likeness (QED) is 0.796. The molecule has 21 heavy (non-hydrogen) atoms. The number of nitriles is 1. The lowest BCUT2D eigenvalue weighted by Crippen LogP contribution is -2.18. The van der Waals surface area contributed by atoms with Gasteiger partial charge in [-0.1, -0.05) is 30.3 Å². The van der Waals surface area contributed by atoms with Crippen LogP contribution in [0.1, 0.15) is 11.1 Å². The van der Waals surface area contributed by atoms with Crippen molar-refractivity contribution >= 4 is 11.8 Å². The summed E-state index contributed by atoms with van der Waals surface area (Å²) in [5.74, 6) is 0.483. The molecule has 0 fully saturated rings. The lowest BCUT2D eigenvalue weighted by Gasteiger charge is -2.10. The highest BCUT2D eigenvalue weighted by molar-refractivity contribution is 7.99. The van der Waals surface area contributed by atoms with Crippen LogP contribution in [0.2, 0.25) is 0 Å². The van der Waals surface area contributed by atoms with Crippen LogP contribution in [-0.2, 0) is 11.3 Å². The molecule has 0 spiro atoms. The fourth-order valence-electron chi connectivity index (χ4n) is 1.67. The second-order valence-electron chi connectivity index (χ2n) is 4.46. The standard InChI is InChI=1S/C16H16N2O2S/c17-9-14-6-7-18-16(8-14)21-12-15(19)11-20-10-13-4-2-1-3-5-13/h1-8,15,19H,10-12H2/t15-/m0/s1. The number of pyridine rings is 1. The first-order valence-electron chi connectivity index (χ1n) is 6.56. The van der Waals surface area contributed by atoms with E-state index in [1.807, 2.05) is 30.3 Å². The molecule has 1 heterocycles. The van der Waals surface area contributed by atoms with E-state index >= 15 is 0 Å². The monoisotopic (exact) mass is 300 g/mol. The largest absolute Gasteiger partial charge is 0.390 e. The van der Waals surface area contributed by atoms with Gasteiger partial charge in [0, 0.05) is 11.9 Å². The second-order valence-corrected chi connectivity index (χ2v) is 5.50. The van der Waals surface area contributed by atoms with E-state index in [2.05, 4.69) is 11.1 Å². The van der Waals surface area contributed by atoms with Crippen LogP contribution >= 0.6 is 11.8 Å². The fourth-order valence-corrected chi connectivity index (χ4v) is 2.48. The second kappa shape index (κ2) is 8.42. The number of aliphatic hydroxyl groups excluding tert-OH is 1. The molecule has 0 radical (unpaired) electrons. The maximum absolute atomic E-state index is 9.88. The van der Waals surface area contributed by atoms with Crippen LogP contribution in [-0.4, -0.2) is 28.6 Å². The predicted octanol–water partition coefficient (Wildman–Crippen LogP) is 2.62. The Morgan fingerprint density at radius 1 is 1.29 bits per heavy atom. The number of thioether (sulfide) groups is 1. The third-order valence-corrected chi connectivity index (χ3v) is 3.78. The molecule has 2 rings (SSSR count). The van der Waals surface area contributed by atoms with Crippen molar-refractivity contribution in [2.75, 3.05) is 12.4 Å². The summed E-state index contributed by atoms with van der Waals surface area (Å²) in [7, 11) is 0. The van der Waals surface area contributed by atoms with Crippen LogP contribution in [0, 0.1) is 11.3 Å². The van der Waals surface area contributed by atoms with Crippen LogP contribution < -0.4 is 0 Å². The van der Waals surface area contributed by atoms with Crippen molar-refractivity contribution in [3.63, 3.8) is 0 Å². The number of benzene rings is 1. The first kappa shape index (κ1) is 15.5. The number of hydrogen-bond acceptors (Lipinski definition) is 5. The van der Waals surface area contributed by atoms with Crippen molar-refractivity contribution in [2.45, 2.75) is 17.7 Å². The summed E-state index contributed by atoms with van der Waals surface area (Å²) in [6.07, 6.45) is 1.03. The lowest BCUT2D eigenvalue weighted by atomic mass is 10.2. The van der Waals surface area contributed by atoms with Crippen LogP contribution in [0.25, 0.3) is 0 Å². The normalized spacial score (nSPS) is 11.8. The minimum absolute atomic E-state index is 0.278. The van der Waals surface area contributed by atoms with Crippen molar-refractivity contribution in [3.8, 4) is 6.07 Å². The first-order valence-corrected chi connectivity index (χ1v) is 7.55. The average molecular weight is 300 g/mol. The van der Waals surface area contributed by atoms with E-state index in [1.54, 1.807) is 18.3 Å². The van der Waals surface area contributed by atoms with Gasteiger partial charge < -0.3 is 9.84 Å². The molecular weight excluding hydrogens is 284 g/mol. The van der Waals surface area contributed by atoms with E-state index in [1.165, 1.54) is 11.8 Å². The van der Waals surface area contributed by atoms with Crippen LogP contribution in [0.3, 0.4) is 0 Å². The topological polar surface area (TPSA) is 66.1 Å². The van der Waals surface area contributed by atoms with E-state index in [-0.39, 0.29) is 6.61 Å². The maximum Gasteiger partial charge on any atom is 0.0993 e. The highest BCUT2D eigenvalue weighted by Gasteiger charge is 2.07. The van der Waals surface area contributed by atoms with Crippen LogP contribution in [0.4, 0.5) is 0 Å². The molecule has 0 saturated carbocycles. The van der Waals surface area contributed by atoms with E-state index in [0.29, 0.717) is 17.9 Å². The molecule has 0 bridgehead atoms. The summed E-state index contributed by atoms with van der Waals surface area (Å²) in [5.41, 5.74) is 1.66. The molecule has 0 aliphatic rings. The summed E-state index contributed by atoms with van der Waals surface area (Å²) < 4.78 is 5.48. The Labute approximate surface area is 128 Å². The fraction of sp³-hybridized carbons (Fsp3) is 0.250. The van der Waals surface area contributed by atoms with Crippen molar-refractivity contribution < 1.29 is 9.84 Å². The van der Waals surface area contributed by atoms with Crippen LogP contribution in [0.5, 0.6) is 0 Å². The zero-order valence-corrected chi connectivity index (χ0v) is 12.3. The molecule has 0 amide bonds. The summed E-state index contributed by atoms with van der Waals surface area (Å²) in [6.45, 7) is 0.768. The number of rotatable bonds is 7. The number of hydrogen-bond donors (Lipinski definition) is 1. The van der Waals surface area contributed by atoms with Gasteiger partial charge in [-0.2, -0.15) is 5.26 Å². The van der Waals surface area contributed by atoms with E-state index in [0.717, 1.165) is 10.6 Å². The molecule has 0 aliphatic heterocycles. The Bertz CT molecular complexity index is 599. The molecule has 1 atom stereocenters. The van der Waals surface area contributed by atoms with Gasteiger partial charge in [0.15, 0.2) is 0 Å². The smallest absolute Gasteiger partial charge is 0.0993 e. The highest BCUT2D eigenvalue weighted by atomic mass is 32.2. The Balaban J connectivity index is 1.70. The number of nitrogens with zero attached hydrogens (tertiary/aromatic N) is 2. The summed E-state index contributed by atoms with van der Waals surface area (Å²) >= 11 is 1.41. The van der Waals surface area contributed by atoms with Crippen molar-refractivity contribution in [1.29, 1.82) is 5.26 Å². The molecule has 0 aliphatic carbocycles. The number of aliphatic hydroxyl groups is 1. The molecule has 2 aromatic rings. The maximum atomic E-state index is 9.88. The van der Waals surface area contributed by atoms with Gasteiger partial charge in [-0.15, -0.1) is 11.8 Å². The lowest BCUT2D eigenvalue weighted by molar-refractivity contribution is 0.0398. The molecular formula is C16H16N2O2S. The number of ether oxygens (including phenoxy) is 1. The summed E-state index contributed by atoms with van der Waals surface area (Å²) in [5, 5.41) is 19.4. The Kier molecular flexibility index (Phi) is 6.22. The zero-order valence-electron chi connectivity index (χ0n) is 11.5. The highest BCUT2D eigenvalue weighted by Crippen LogP contribution is 2.17. The zero-order chi connectivity index (χ0) is 14.9. The Hall–Kier alpha value is -1.87. The molecule has 1 N–H and O–H groups in total. The Morgan fingerprint density at radius 2 is 2.10 bits per heavy atom. The van der Waals surface area contributed by atoms with Gasteiger partial charge in [-0.05, 0) is 17.7 Å². The van der Waals surface area contributed by atoms with Gasteiger partial charge in [0.05, 0.1) is 36.0 Å². The van der Waals surface area contributed by atoms with Gasteiger partial charge in [0.1, 0.15) is 0 Å². The molecule has 4 nitrogen and oxygen atoms in total. The molecule has 1 aromatic heterocycles. The predicted molar refractivity (Wildman–Crippen MR) is 81.8 cm³/mol. The third-order valence-electron chi connectivity index (χ3n) is 2.71. The molecule has 0 saturated heterocycles. The molecule has 0 unspecified atom stereocenters. The van der Waals surface area contributed by atoms with Crippen LogP contribution in [0.15, 0.2) is 53.7 Å². The van der Waals surface area contributed by atoms with E-state index in [9.17, 15) is 5.11 Å². The Morgan fingerprint density at radius 3 is 2.86 bits per heavy atom. The molecule has 108 valence electrons. The van der Waals surface area contributed by atoms with E-state index < -0.39 is 6.10 Å². The first-order chi connectivity index (χ1) is 10.3. The molecule has 5 heteroatoms. The summed E-state index contributed by atoms with van der Waals surface area (Å²) in [4.78, 5) is 4.15. The van der Waals surface area contributed by atoms with Gasteiger partial charge >= 0.3 is 0 Å². The van der Waals surface area contributed by atoms with Crippen molar-refractivity contribution in [1.82, 2.24) is 4.98 Å². The number of aromatic nitrogens is 1.